The van der Waals surface area contributed by atoms with Gasteiger partial charge in [0.1, 0.15) is 5.75 Å². The molecule has 0 aromatic heterocycles. The number of carbonyl (C=O) groups is 1. The zero-order chi connectivity index (χ0) is 13.8. The van der Waals surface area contributed by atoms with Gasteiger partial charge >= 0.3 is 6.09 Å². The van der Waals surface area contributed by atoms with Crippen molar-refractivity contribution >= 4 is 6.09 Å². The highest BCUT2D eigenvalue weighted by atomic mass is 16.6. The van der Waals surface area contributed by atoms with Crippen molar-refractivity contribution < 1.29 is 9.53 Å². The summed E-state index contributed by atoms with van der Waals surface area (Å²) in [5.41, 5.74) is 5.38. The van der Waals surface area contributed by atoms with E-state index in [2.05, 4.69) is 17.6 Å². The van der Waals surface area contributed by atoms with Gasteiger partial charge in [-0.05, 0) is 29.7 Å². The number of nitrogens with one attached hydrogen (secondary N) is 1. The molecule has 0 saturated heterocycles. The van der Waals surface area contributed by atoms with E-state index < -0.39 is 6.09 Å². The molecule has 1 aliphatic rings. The van der Waals surface area contributed by atoms with E-state index >= 15 is 0 Å². The first-order chi connectivity index (χ1) is 9.81. The Kier molecular flexibility index (Phi) is 3.65. The van der Waals surface area contributed by atoms with E-state index in [0.717, 1.165) is 13.0 Å². The van der Waals surface area contributed by atoms with Crippen LogP contribution in [0.15, 0.2) is 54.6 Å². The zero-order valence-corrected chi connectivity index (χ0v) is 11.1. The summed E-state index contributed by atoms with van der Waals surface area (Å²) in [6, 6.07) is 17.3. The molecule has 20 heavy (non-hydrogen) atoms. The van der Waals surface area contributed by atoms with Gasteiger partial charge in [-0.25, -0.2) is 9.80 Å². The number of hydrogen-bond donors (Lipinski definition) is 1. The first-order valence-electron chi connectivity index (χ1n) is 6.66. The molecule has 4 heteroatoms. The summed E-state index contributed by atoms with van der Waals surface area (Å²) in [6.07, 6.45) is 0.484. The fraction of sp³-hybridized carbons (Fsp3) is 0.188. The van der Waals surface area contributed by atoms with Crippen LogP contribution >= 0.6 is 0 Å². The van der Waals surface area contributed by atoms with Gasteiger partial charge in [0, 0.05) is 13.1 Å². The molecule has 0 radical (unpaired) electrons. The molecule has 0 bridgehead atoms. The molecular weight excluding hydrogens is 252 g/mol. The quantitative estimate of drug-likeness (QED) is 0.910. The van der Waals surface area contributed by atoms with E-state index in [1.807, 2.05) is 35.3 Å². The third-order valence-corrected chi connectivity index (χ3v) is 3.33. The fourth-order valence-electron chi connectivity index (χ4n) is 2.34. The van der Waals surface area contributed by atoms with Crippen LogP contribution in [0.25, 0.3) is 0 Å². The van der Waals surface area contributed by atoms with E-state index in [9.17, 15) is 4.79 Å². The SMILES string of the molecule is O=C(NN1CCc2ccccc2C1)Oc1ccccc1. The number of fused-ring (bicyclic) bond motifs is 1. The van der Waals surface area contributed by atoms with Crippen molar-refractivity contribution in [2.75, 3.05) is 6.54 Å². The minimum atomic E-state index is -0.449. The number of benzene rings is 2. The Hall–Kier alpha value is -2.33. The molecule has 0 aliphatic carbocycles. The molecule has 0 unspecified atom stereocenters. The first-order valence-corrected chi connectivity index (χ1v) is 6.66. The summed E-state index contributed by atoms with van der Waals surface area (Å²) in [4.78, 5) is 11.8. The number of hydrogen-bond acceptors (Lipinski definition) is 3. The fourth-order valence-corrected chi connectivity index (χ4v) is 2.34. The van der Waals surface area contributed by atoms with Gasteiger partial charge in [0.2, 0.25) is 0 Å². The first kappa shape index (κ1) is 12.7. The number of para-hydroxylation sites is 1. The third-order valence-electron chi connectivity index (χ3n) is 3.33. The molecule has 1 amide bonds. The average Bonchev–Trinajstić information content (AvgIpc) is 2.48. The topological polar surface area (TPSA) is 41.6 Å². The van der Waals surface area contributed by atoms with Gasteiger partial charge in [-0.2, -0.15) is 0 Å². The molecule has 0 atom stereocenters. The third kappa shape index (κ3) is 2.97. The monoisotopic (exact) mass is 268 g/mol. The molecule has 1 aliphatic heterocycles. The summed E-state index contributed by atoms with van der Waals surface area (Å²) < 4.78 is 5.21. The lowest BCUT2D eigenvalue weighted by molar-refractivity contribution is 0.135. The van der Waals surface area contributed by atoms with Gasteiger partial charge in [-0.3, -0.25) is 5.43 Å². The number of hydrazine groups is 1. The highest BCUT2D eigenvalue weighted by Gasteiger charge is 2.17. The van der Waals surface area contributed by atoms with E-state index in [-0.39, 0.29) is 0 Å². The molecule has 3 rings (SSSR count). The Bertz CT molecular complexity index is 598. The second-order valence-electron chi connectivity index (χ2n) is 4.75. The Labute approximate surface area is 117 Å². The van der Waals surface area contributed by atoms with Crippen LogP contribution in [0.4, 0.5) is 4.79 Å². The Morgan fingerprint density at radius 1 is 1.00 bits per heavy atom. The van der Waals surface area contributed by atoms with Crippen molar-refractivity contribution in [1.29, 1.82) is 0 Å². The van der Waals surface area contributed by atoms with E-state index in [1.165, 1.54) is 11.1 Å². The van der Waals surface area contributed by atoms with Crippen LogP contribution in [0, 0.1) is 0 Å². The van der Waals surface area contributed by atoms with E-state index in [1.54, 1.807) is 12.1 Å². The smallest absolute Gasteiger partial charge is 0.409 e. The van der Waals surface area contributed by atoms with Crippen LogP contribution in [-0.4, -0.2) is 17.6 Å². The van der Waals surface area contributed by atoms with Gasteiger partial charge in [0.05, 0.1) is 0 Å². The summed E-state index contributed by atoms with van der Waals surface area (Å²) in [5, 5.41) is 1.88. The molecule has 0 fully saturated rings. The maximum atomic E-state index is 11.8. The second kappa shape index (κ2) is 5.75. The number of nitrogens with zero attached hydrogens (tertiary/aromatic N) is 1. The molecular formula is C16H16N2O2. The van der Waals surface area contributed by atoms with Crippen LogP contribution < -0.4 is 10.2 Å². The van der Waals surface area contributed by atoms with Gasteiger partial charge in [-0.15, -0.1) is 0 Å². The van der Waals surface area contributed by atoms with Gasteiger partial charge < -0.3 is 4.74 Å². The zero-order valence-electron chi connectivity index (χ0n) is 11.1. The van der Waals surface area contributed by atoms with E-state index in [4.69, 9.17) is 4.74 Å². The Balaban J connectivity index is 1.58. The Morgan fingerprint density at radius 2 is 1.70 bits per heavy atom. The molecule has 1 N–H and O–H groups in total. The lowest BCUT2D eigenvalue weighted by Gasteiger charge is -2.28. The van der Waals surface area contributed by atoms with E-state index in [0.29, 0.717) is 12.3 Å². The predicted molar refractivity (Wildman–Crippen MR) is 76.2 cm³/mol. The largest absolute Gasteiger partial charge is 0.427 e. The molecule has 1 heterocycles. The van der Waals surface area contributed by atoms with Crippen molar-refractivity contribution in [3.8, 4) is 5.75 Å². The number of ether oxygens (including phenoxy) is 1. The van der Waals surface area contributed by atoms with Gasteiger partial charge in [-0.1, -0.05) is 42.5 Å². The second-order valence-corrected chi connectivity index (χ2v) is 4.75. The van der Waals surface area contributed by atoms with Crippen LogP contribution in [0.2, 0.25) is 0 Å². The summed E-state index contributed by atoms with van der Waals surface area (Å²) in [7, 11) is 0. The van der Waals surface area contributed by atoms with Crippen LogP contribution in [0.5, 0.6) is 5.75 Å². The van der Waals surface area contributed by atoms with Crippen molar-refractivity contribution in [2.45, 2.75) is 13.0 Å². The number of carbonyl (C=O) groups excluding carboxylic acids is 1. The minimum Gasteiger partial charge on any atom is -0.409 e. The van der Waals surface area contributed by atoms with Crippen molar-refractivity contribution in [2.24, 2.45) is 0 Å². The molecule has 102 valence electrons. The highest BCUT2D eigenvalue weighted by Crippen LogP contribution is 2.17. The highest BCUT2D eigenvalue weighted by molar-refractivity contribution is 5.69. The van der Waals surface area contributed by atoms with Gasteiger partial charge in [0.25, 0.3) is 0 Å². The van der Waals surface area contributed by atoms with Gasteiger partial charge in [0.15, 0.2) is 0 Å². The van der Waals surface area contributed by atoms with Crippen LogP contribution in [0.1, 0.15) is 11.1 Å². The normalized spacial score (nSPS) is 14.4. The number of amides is 1. The van der Waals surface area contributed by atoms with Crippen LogP contribution in [-0.2, 0) is 13.0 Å². The maximum Gasteiger partial charge on any atom is 0.427 e. The molecule has 2 aromatic rings. The minimum absolute atomic E-state index is 0.449. The lowest BCUT2D eigenvalue weighted by Crippen LogP contribution is -2.46. The van der Waals surface area contributed by atoms with Crippen molar-refractivity contribution in [3.05, 3.63) is 65.7 Å². The molecule has 4 nitrogen and oxygen atoms in total. The summed E-state index contributed by atoms with van der Waals surface area (Å²) in [5.74, 6) is 0.544. The molecule has 0 spiro atoms. The van der Waals surface area contributed by atoms with Crippen molar-refractivity contribution in [3.63, 3.8) is 0 Å². The Morgan fingerprint density at radius 3 is 2.50 bits per heavy atom. The number of rotatable bonds is 2. The average molecular weight is 268 g/mol. The standard InChI is InChI=1S/C16H16N2O2/c19-16(20-15-8-2-1-3-9-15)17-18-11-10-13-6-4-5-7-14(13)12-18/h1-9H,10-12H2,(H,17,19). The molecule has 2 aromatic carbocycles. The maximum absolute atomic E-state index is 11.8. The van der Waals surface area contributed by atoms with Crippen molar-refractivity contribution in [1.82, 2.24) is 10.4 Å². The lowest BCUT2D eigenvalue weighted by atomic mass is 10.0. The predicted octanol–water partition coefficient (Wildman–Crippen LogP) is 2.75. The summed E-state index contributed by atoms with van der Waals surface area (Å²) >= 11 is 0. The molecule has 0 saturated carbocycles. The summed E-state index contributed by atoms with van der Waals surface area (Å²) in [6.45, 7) is 1.50. The van der Waals surface area contributed by atoms with Crippen LogP contribution in [0.3, 0.4) is 0 Å².